The third kappa shape index (κ3) is 3.81. The zero-order valence-corrected chi connectivity index (χ0v) is 17.7. The van der Waals surface area contributed by atoms with Crippen molar-refractivity contribution in [3.05, 3.63) is 70.1 Å². The number of rotatable bonds is 6. The predicted molar refractivity (Wildman–Crippen MR) is 116 cm³/mol. The van der Waals surface area contributed by atoms with Gasteiger partial charge in [0.1, 0.15) is 11.5 Å². The zero-order chi connectivity index (χ0) is 21.1. The molecule has 1 unspecified atom stereocenters. The van der Waals surface area contributed by atoms with Crippen molar-refractivity contribution in [1.29, 1.82) is 0 Å². The van der Waals surface area contributed by atoms with E-state index in [9.17, 15) is 4.79 Å². The first kappa shape index (κ1) is 20.1. The molecule has 0 fully saturated rings. The standard InChI is InChI=1S/C23H21NO5S/c1-4-28-20(25)8-6-17-21-18(12-15-11-16(26-2)5-7-19(15)24-21)23(27-3)29-22(17)14-9-10-30-13-14/h5-13,23H,4H2,1-3H3/b8-6+. The number of hydrogen-bond donors (Lipinski definition) is 0. The van der Waals surface area contributed by atoms with Crippen molar-refractivity contribution in [3.8, 4) is 5.75 Å². The van der Waals surface area contributed by atoms with Crippen LogP contribution >= 0.6 is 11.3 Å². The van der Waals surface area contributed by atoms with Gasteiger partial charge in [-0.2, -0.15) is 11.3 Å². The van der Waals surface area contributed by atoms with E-state index in [2.05, 4.69) is 0 Å². The first-order valence-electron chi connectivity index (χ1n) is 9.44. The normalized spacial score (nSPS) is 15.9. The van der Waals surface area contributed by atoms with Crippen LogP contribution in [0, 0.1) is 0 Å². The van der Waals surface area contributed by atoms with Crippen molar-refractivity contribution >= 4 is 39.5 Å². The zero-order valence-electron chi connectivity index (χ0n) is 16.9. The summed E-state index contributed by atoms with van der Waals surface area (Å²) < 4.78 is 22.2. The van der Waals surface area contributed by atoms with E-state index in [4.69, 9.17) is 23.9 Å². The van der Waals surface area contributed by atoms with Crippen molar-refractivity contribution in [2.45, 2.75) is 13.2 Å². The second-order valence-electron chi connectivity index (χ2n) is 6.51. The van der Waals surface area contributed by atoms with Gasteiger partial charge in [0.2, 0.25) is 6.29 Å². The molecule has 30 heavy (non-hydrogen) atoms. The largest absolute Gasteiger partial charge is 0.497 e. The van der Waals surface area contributed by atoms with Gasteiger partial charge in [-0.25, -0.2) is 9.78 Å². The SMILES string of the molecule is CCOC(=O)/C=C/C1=C(c2ccsc2)OC(OC)c2cc3cc(OC)ccc3nc21. The third-order valence-electron chi connectivity index (χ3n) is 4.70. The summed E-state index contributed by atoms with van der Waals surface area (Å²) in [6, 6.07) is 9.63. The third-order valence-corrected chi connectivity index (χ3v) is 5.38. The van der Waals surface area contributed by atoms with Gasteiger partial charge >= 0.3 is 5.97 Å². The average molecular weight is 423 g/mol. The highest BCUT2D eigenvalue weighted by molar-refractivity contribution is 7.08. The molecule has 1 aliphatic heterocycles. The molecule has 0 saturated carbocycles. The Morgan fingerprint density at radius 2 is 2.13 bits per heavy atom. The van der Waals surface area contributed by atoms with E-state index in [1.54, 1.807) is 38.6 Å². The summed E-state index contributed by atoms with van der Waals surface area (Å²) in [5.41, 5.74) is 3.88. The van der Waals surface area contributed by atoms with E-state index in [1.807, 2.05) is 41.1 Å². The fourth-order valence-corrected chi connectivity index (χ4v) is 3.96. The summed E-state index contributed by atoms with van der Waals surface area (Å²) in [5, 5.41) is 4.86. The van der Waals surface area contributed by atoms with Crippen molar-refractivity contribution < 1.29 is 23.7 Å². The highest BCUT2D eigenvalue weighted by atomic mass is 32.1. The van der Waals surface area contributed by atoms with Crippen molar-refractivity contribution in [3.63, 3.8) is 0 Å². The number of pyridine rings is 1. The number of carbonyl (C=O) groups is 1. The molecule has 0 saturated heterocycles. The van der Waals surface area contributed by atoms with E-state index in [0.29, 0.717) is 23.6 Å². The summed E-state index contributed by atoms with van der Waals surface area (Å²) in [6.07, 6.45) is 2.46. The first-order valence-corrected chi connectivity index (χ1v) is 10.4. The maximum absolute atomic E-state index is 12.0. The van der Waals surface area contributed by atoms with Crippen LogP contribution in [0.1, 0.15) is 30.0 Å². The minimum Gasteiger partial charge on any atom is -0.497 e. The van der Waals surface area contributed by atoms with Crippen molar-refractivity contribution in [1.82, 2.24) is 4.98 Å². The minimum atomic E-state index is -0.627. The van der Waals surface area contributed by atoms with Gasteiger partial charge < -0.3 is 18.9 Å². The Hall–Kier alpha value is -3.16. The quantitative estimate of drug-likeness (QED) is 0.412. The molecule has 1 atom stereocenters. The number of nitrogens with zero attached hydrogens (tertiary/aromatic N) is 1. The number of fused-ring (bicyclic) bond motifs is 2. The molecule has 0 aliphatic carbocycles. The smallest absolute Gasteiger partial charge is 0.330 e. The number of esters is 1. The number of ether oxygens (including phenoxy) is 4. The van der Waals surface area contributed by atoms with Crippen LogP contribution in [0.3, 0.4) is 0 Å². The fraction of sp³-hybridized carbons (Fsp3) is 0.217. The maximum atomic E-state index is 12.0. The second-order valence-corrected chi connectivity index (χ2v) is 7.29. The molecular weight excluding hydrogens is 402 g/mol. The number of hydrogen-bond acceptors (Lipinski definition) is 7. The van der Waals surface area contributed by atoms with Gasteiger partial charge in [0.25, 0.3) is 0 Å². The van der Waals surface area contributed by atoms with Gasteiger partial charge in [-0.05, 0) is 48.7 Å². The topological polar surface area (TPSA) is 66.9 Å². The highest BCUT2D eigenvalue weighted by Gasteiger charge is 2.30. The van der Waals surface area contributed by atoms with E-state index < -0.39 is 12.3 Å². The van der Waals surface area contributed by atoms with Gasteiger partial charge in [0.15, 0.2) is 0 Å². The van der Waals surface area contributed by atoms with Crippen LogP contribution in [0.25, 0.3) is 22.2 Å². The lowest BCUT2D eigenvalue weighted by molar-refractivity contribution is -0.137. The molecule has 1 aliphatic rings. The highest BCUT2D eigenvalue weighted by Crippen LogP contribution is 2.42. The number of carbonyl (C=O) groups excluding carboxylic acids is 1. The van der Waals surface area contributed by atoms with Crippen LogP contribution in [0.2, 0.25) is 0 Å². The predicted octanol–water partition coefficient (Wildman–Crippen LogP) is 4.97. The molecule has 3 aromatic rings. The van der Waals surface area contributed by atoms with Gasteiger partial charge in [0.05, 0.1) is 24.9 Å². The van der Waals surface area contributed by atoms with Gasteiger partial charge in [0, 0.05) is 40.7 Å². The Kier molecular flexibility index (Phi) is 5.83. The Balaban J connectivity index is 1.93. The molecule has 0 N–H and O–H groups in total. The Bertz CT molecular complexity index is 1130. The van der Waals surface area contributed by atoms with E-state index in [1.165, 1.54) is 6.08 Å². The molecule has 0 radical (unpaired) electrons. The lowest BCUT2D eigenvalue weighted by Gasteiger charge is -2.28. The number of benzene rings is 1. The van der Waals surface area contributed by atoms with Crippen LogP contribution in [0.5, 0.6) is 5.75 Å². The summed E-state index contributed by atoms with van der Waals surface area (Å²) in [6.45, 7) is 2.08. The average Bonchev–Trinajstić information content (AvgIpc) is 3.30. The van der Waals surface area contributed by atoms with Crippen LogP contribution in [0.4, 0.5) is 0 Å². The van der Waals surface area contributed by atoms with E-state index in [-0.39, 0.29) is 0 Å². The van der Waals surface area contributed by atoms with E-state index in [0.717, 1.165) is 27.8 Å². The van der Waals surface area contributed by atoms with Crippen LogP contribution in [0.15, 0.2) is 53.2 Å². The fourth-order valence-electron chi connectivity index (χ4n) is 3.32. The molecule has 2 aromatic heterocycles. The Morgan fingerprint density at radius 3 is 2.83 bits per heavy atom. The summed E-state index contributed by atoms with van der Waals surface area (Å²) in [7, 11) is 3.22. The molecule has 0 amide bonds. The number of thiophene rings is 1. The number of aromatic nitrogens is 1. The number of methoxy groups -OCH3 is 2. The van der Waals surface area contributed by atoms with Crippen LogP contribution < -0.4 is 4.74 Å². The van der Waals surface area contributed by atoms with Gasteiger partial charge in [-0.15, -0.1) is 0 Å². The first-order chi connectivity index (χ1) is 14.6. The van der Waals surface area contributed by atoms with Gasteiger partial charge in [-0.3, -0.25) is 0 Å². The molecule has 7 heteroatoms. The monoisotopic (exact) mass is 423 g/mol. The Morgan fingerprint density at radius 1 is 1.27 bits per heavy atom. The van der Waals surface area contributed by atoms with Gasteiger partial charge in [-0.1, -0.05) is 0 Å². The minimum absolute atomic E-state index is 0.309. The maximum Gasteiger partial charge on any atom is 0.330 e. The molecule has 0 bridgehead atoms. The number of allylic oxidation sites excluding steroid dienone is 2. The molecular formula is C23H21NO5S. The van der Waals surface area contributed by atoms with Crippen molar-refractivity contribution in [2.75, 3.05) is 20.8 Å². The summed E-state index contributed by atoms with van der Waals surface area (Å²) in [4.78, 5) is 16.8. The Labute approximate surface area is 178 Å². The van der Waals surface area contributed by atoms with Crippen molar-refractivity contribution in [2.24, 2.45) is 0 Å². The summed E-state index contributed by atoms with van der Waals surface area (Å²) >= 11 is 1.56. The van der Waals surface area contributed by atoms with Crippen LogP contribution in [-0.2, 0) is 19.0 Å². The molecule has 1 aromatic carbocycles. The molecule has 6 nitrogen and oxygen atoms in total. The second kappa shape index (κ2) is 8.69. The van der Waals surface area contributed by atoms with E-state index >= 15 is 0 Å². The summed E-state index contributed by atoms with van der Waals surface area (Å²) in [5.74, 6) is 0.930. The molecule has 154 valence electrons. The lowest BCUT2D eigenvalue weighted by atomic mass is 9.97. The molecule has 3 heterocycles. The molecule has 0 spiro atoms. The lowest BCUT2D eigenvalue weighted by Crippen LogP contribution is -2.16. The molecule has 4 rings (SSSR count). The van der Waals surface area contributed by atoms with Crippen LogP contribution in [-0.4, -0.2) is 31.8 Å².